The third kappa shape index (κ3) is 1.79. The SMILES string of the molecule is COc1ccc(Cl)cc1NC(=O)C12CCC(C)(C(=O)C1=O)C2(C)C. The van der Waals surface area contributed by atoms with Crippen LogP contribution >= 0.6 is 11.6 Å². The van der Waals surface area contributed by atoms with Gasteiger partial charge in [-0.05, 0) is 36.5 Å². The first-order valence-electron chi connectivity index (χ1n) is 7.86. The molecule has 1 aromatic carbocycles. The van der Waals surface area contributed by atoms with E-state index in [4.69, 9.17) is 16.3 Å². The van der Waals surface area contributed by atoms with Crippen molar-refractivity contribution in [1.29, 1.82) is 0 Å². The minimum absolute atomic E-state index is 0.371. The Bertz CT molecular complexity index is 772. The summed E-state index contributed by atoms with van der Waals surface area (Å²) in [5.74, 6) is -1.04. The Kier molecular flexibility index (Phi) is 3.57. The van der Waals surface area contributed by atoms with E-state index in [1.54, 1.807) is 25.1 Å². The molecule has 0 heterocycles. The fourth-order valence-electron chi connectivity index (χ4n) is 4.28. The van der Waals surface area contributed by atoms with Gasteiger partial charge in [0.05, 0.1) is 12.8 Å². The van der Waals surface area contributed by atoms with Gasteiger partial charge in [-0.1, -0.05) is 32.4 Å². The maximum absolute atomic E-state index is 13.1. The lowest BCUT2D eigenvalue weighted by molar-refractivity contribution is -0.147. The third-order valence-corrected chi connectivity index (χ3v) is 6.57. The molecule has 24 heavy (non-hydrogen) atoms. The fourth-order valence-corrected chi connectivity index (χ4v) is 4.45. The first-order valence-corrected chi connectivity index (χ1v) is 8.24. The highest BCUT2D eigenvalue weighted by Gasteiger charge is 2.77. The summed E-state index contributed by atoms with van der Waals surface area (Å²) in [4.78, 5) is 38.3. The topological polar surface area (TPSA) is 72.5 Å². The molecule has 2 aliphatic carbocycles. The number of fused-ring (bicyclic) bond motifs is 2. The van der Waals surface area contributed by atoms with Gasteiger partial charge >= 0.3 is 0 Å². The summed E-state index contributed by atoms with van der Waals surface area (Å²) in [6.45, 7) is 5.45. The lowest BCUT2D eigenvalue weighted by Crippen LogP contribution is -2.47. The van der Waals surface area contributed by atoms with Crippen molar-refractivity contribution >= 4 is 34.8 Å². The van der Waals surface area contributed by atoms with E-state index >= 15 is 0 Å². The molecule has 2 aliphatic rings. The Morgan fingerprint density at radius 2 is 1.83 bits per heavy atom. The second-order valence-electron chi connectivity index (χ2n) is 7.32. The molecule has 1 amide bonds. The van der Waals surface area contributed by atoms with Crippen molar-refractivity contribution in [3.05, 3.63) is 23.2 Å². The Morgan fingerprint density at radius 3 is 2.38 bits per heavy atom. The van der Waals surface area contributed by atoms with E-state index in [0.717, 1.165) is 0 Å². The highest BCUT2D eigenvalue weighted by molar-refractivity contribution is 6.49. The molecule has 3 rings (SSSR count). The van der Waals surface area contributed by atoms with E-state index < -0.39 is 33.7 Å². The van der Waals surface area contributed by atoms with Crippen molar-refractivity contribution in [2.75, 3.05) is 12.4 Å². The molecule has 0 saturated heterocycles. The number of methoxy groups -OCH3 is 1. The van der Waals surface area contributed by atoms with Crippen LogP contribution in [-0.2, 0) is 14.4 Å². The van der Waals surface area contributed by atoms with Crippen molar-refractivity contribution in [2.45, 2.75) is 33.6 Å². The van der Waals surface area contributed by atoms with Gasteiger partial charge in [-0.15, -0.1) is 0 Å². The third-order valence-electron chi connectivity index (χ3n) is 6.34. The lowest BCUT2D eigenvalue weighted by Gasteiger charge is -2.37. The van der Waals surface area contributed by atoms with Crippen molar-refractivity contribution in [1.82, 2.24) is 0 Å². The predicted octanol–water partition coefficient (Wildman–Crippen LogP) is 3.25. The van der Waals surface area contributed by atoms with E-state index in [0.29, 0.717) is 29.3 Å². The van der Waals surface area contributed by atoms with Gasteiger partial charge in [0, 0.05) is 10.4 Å². The highest BCUT2D eigenvalue weighted by Crippen LogP contribution is 2.69. The number of anilines is 1. The molecule has 0 spiro atoms. The van der Waals surface area contributed by atoms with Gasteiger partial charge in [0.1, 0.15) is 11.2 Å². The van der Waals surface area contributed by atoms with Gasteiger partial charge in [-0.3, -0.25) is 14.4 Å². The molecule has 2 atom stereocenters. The van der Waals surface area contributed by atoms with Crippen LogP contribution in [0.4, 0.5) is 5.69 Å². The molecule has 0 aliphatic heterocycles. The number of nitrogens with one attached hydrogen (secondary N) is 1. The molecule has 1 N–H and O–H groups in total. The second-order valence-corrected chi connectivity index (χ2v) is 7.76. The molecule has 2 bridgehead atoms. The number of benzene rings is 1. The normalized spacial score (nSPS) is 30.5. The van der Waals surface area contributed by atoms with Crippen LogP contribution < -0.4 is 10.1 Å². The number of Topliss-reactive ketones (excluding diaryl/α,β-unsaturated/α-hetero) is 2. The van der Waals surface area contributed by atoms with Gasteiger partial charge < -0.3 is 10.1 Å². The minimum atomic E-state index is -1.34. The van der Waals surface area contributed by atoms with Crippen molar-refractivity contribution in [2.24, 2.45) is 16.2 Å². The monoisotopic (exact) mass is 349 g/mol. The van der Waals surface area contributed by atoms with E-state index in [1.807, 2.05) is 13.8 Å². The van der Waals surface area contributed by atoms with E-state index in [-0.39, 0.29) is 0 Å². The molecule has 5 nitrogen and oxygen atoms in total. The summed E-state index contributed by atoms with van der Waals surface area (Å²) in [6, 6.07) is 4.85. The number of amides is 1. The summed E-state index contributed by atoms with van der Waals surface area (Å²) < 4.78 is 5.24. The summed E-state index contributed by atoms with van der Waals surface area (Å²) in [7, 11) is 1.48. The molecule has 2 unspecified atom stereocenters. The number of carbonyl (C=O) groups excluding carboxylic acids is 3. The molecule has 6 heteroatoms. The maximum atomic E-state index is 13.1. The van der Waals surface area contributed by atoms with Gasteiger partial charge in [0.25, 0.3) is 0 Å². The average Bonchev–Trinajstić information content (AvgIpc) is 2.79. The number of rotatable bonds is 3. The highest BCUT2D eigenvalue weighted by atomic mass is 35.5. The summed E-state index contributed by atoms with van der Waals surface area (Å²) >= 11 is 6.00. The van der Waals surface area contributed by atoms with Crippen LogP contribution in [0.3, 0.4) is 0 Å². The van der Waals surface area contributed by atoms with Crippen LogP contribution in [0, 0.1) is 16.2 Å². The second kappa shape index (κ2) is 5.06. The van der Waals surface area contributed by atoms with Crippen molar-refractivity contribution < 1.29 is 19.1 Å². The predicted molar refractivity (Wildman–Crippen MR) is 90.2 cm³/mol. The number of ether oxygens (including phenoxy) is 1. The smallest absolute Gasteiger partial charge is 0.239 e. The van der Waals surface area contributed by atoms with Gasteiger partial charge in [-0.2, -0.15) is 0 Å². The Hall–Kier alpha value is -1.88. The molecular weight excluding hydrogens is 330 g/mol. The standard InChI is InChI=1S/C18H20ClNO4/c1-16(2)17(3)7-8-18(16,14(22)13(17)21)15(23)20-11-9-10(19)5-6-12(11)24-4/h5-6,9H,7-8H2,1-4H3,(H,20,23). The van der Waals surface area contributed by atoms with Crippen LogP contribution in [-0.4, -0.2) is 24.6 Å². The molecule has 1 aromatic rings. The summed E-state index contributed by atoms with van der Waals surface area (Å²) in [5, 5.41) is 3.20. The fraction of sp³-hybridized carbons (Fsp3) is 0.500. The zero-order valence-corrected chi connectivity index (χ0v) is 14.9. The van der Waals surface area contributed by atoms with Crippen molar-refractivity contribution in [3.63, 3.8) is 0 Å². The number of ketones is 2. The molecular formula is C18H20ClNO4. The molecule has 2 saturated carbocycles. The minimum Gasteiger partial charge on any atom is -0.495 e. The first-order chi connectivity index (χ1) is 11.1. The van der Waals surface area contributed by atoms with Crippen LogP contribution in [0.15, 0.2) is 18.2 Å². The molecule has 0 aromatic heterocycles. The van der Waals surface area contributed by atoms with E-state index in [1.165, 1.54) is 7.11 Å². The van der Waals surface area contributed by atoms with Crippen LogP contribution in [0.1, 0.15) is 33.6 Å². The Morgan fingerprint density at radius 1 is 1.17 bits per heavy atom. The molecule has 2 fully saturated rings. The number of hydrogen-bond acceptors (Lipinski definition) is 4. The zero-order valence-electron chi connectivity index (χ0n) is 14.2. The van der Waals surface area contributed by atoms with Gasteiger partial charge in [0.15, 0.2) is 0 Å². The van der Waals surface area contributed by atoms with Crippen molar-refractivity contribution in [3.8, 4) is 5.75 Å². The van der Waals surface area contributed by atoms with Crippen LogP contribution in [0.2, 0.25) is 5.02 Å². The van der Waals surface area contributed by atoms with Crippen LogP contribution in [0.25, 0.3) is 0 Å². The summed E-state index contributed by atoms with van der Waals surface area (Å²) in [5.41, 5.74) is -2.49. The maximum Gasteiger partial charge on any atom is 0.239 e. The molecule has 0 radical (unpaired) electrons. The van der Waals surface area contributed by atoms with Gasteiger partial charge in [-0.25, -0.2) is 0 Å². The Balaban J connectivity index is 2.03. The van der Waals surface area contributed by atoms with Gasteiger partial charge in [0.2, 0.25) is 17.5 Å². The first kappa shape index (κ1) is 17.0. The largest absolute Gasteiger partial charge is 0.495 e. The zero-order chi connectivity index (χ0) is 17.9. The summed E-state index contributed by atoms with van der Waals surface area (Å²) in [6.07, 6.45) is 0.903. The van der Waals surface area contributed by atoms with E-state index in [2.05, 4.69) is 5.32 Å². The Labute approximate surface area is 145 Å². The number of carbonyl (C=O) groups is 3. The molecule has 128 valence electrons. The van der Waals surface area contributed by atoms with E-state index in [9.17, 15) is 14.4 Å². The van der Waals surface area contributed by atoms with Crippen LogP contribution in [0.5, 0.6) is 5.75 Å². The lowest BCUT2D eigenvalue weighted by atomic mass is 9.64. The quantitative estimate of drug-likeness (QED) is 0.671. The average molecular weight is 350 g/mol. The number of hydrogen-bond donors (Lipinski definition) is 1. The number of halogens is 1.